The van der Waals surface area contributed by atoms with Crippen LogP contribution in [0, 0.1) is 0 Å². The smallest absolute Gasteiger partial charge is 0.228 e. The minimum Gasteiger partial charge on any atom is -0.379 e. The first-order chi connectivity index (χ1) is 16.1. The second-order valence-electron chi connectivity index (χ2n) is 7.79. The molecular formula is C27H21Cl2N3O. The number of hydrogen-bond donors (Lipinski definition) is 2. The van der Waals surface area contributed by atoms with Crippen molar-refractivity contribution < 1.29 is 4.79 Å². The Kier molecular flexibility index (Phi) is 5.95. The summed E-state index contributed by atoms with van der Waals surface area (Å²) in [5.41, 5.74) is 4.52. The highest BCUT2D eigenvalue weighted by Gasteiger charge is 2.16. The molecule has 4 nitrogen and oxygen atoms in total. The van der Waals surface area contributed by atoms with E-state index in [1.165, 1.54) is 10.8 Å². The Hall–Kier alpha value is -3.47. The highest BCUT2D eigenvalue weighted by atomic mass is 35.5. The standard InChI is InChI=1S/C27H21Cl2N3O/c28-23-7-3-8-24(29)22(23)17-26(33)31-19-10-12-20(13-11-19)32-16-4-15-30-27-21-6-2-1-5-18(21)9-14-25(27)32/h1-14,16,30H,15,17H2,(H,31,33). The van der Waals surface area contributed by atoms with Gasteiger partial charge in [-0.25, -0.2) is 0 Å². The van der Waals surface area contributed by atoms with Crippen molar-refractivity contribution in [2.75, 3.05) is 22.1 Å². The number of carbonyl (C=O) groups excluding carboxylic acids is 1. The van der Waals surface area contributed by atoms with Crippen LogP contribution in [0.4, 0.5) is 22.7 Å². The minimum absolute atomic E-state index is 0.112. The number of rotatable bonds is 4. The van der Waals surface area contributed by atoms with Crippen molar-refractivity contribution in [3.63, 3.8) is 0 Å². The zero-order chi connectivity index (χ0) is 22.8. The lowest BCUT2D eigenvalue weighted by molar-refractivity contribution is -0.115. The molecule has 33 heavy (non-hydrogen) atoms. The Balaban J connectivity index is 1.38. The van der Waals surface area contributed by atoms with Crippen LogP contribution < -0.4 is 15.5 Å². The molecule has 0 fully saturated rings. The van der Waals surface area contributed by atoms with Crippen LogP contribution in [0.25, 0.3) is 10.8 Å². The van der Waals surface area contributed by atoms with Crippen LogP contribution >= 0.6 is 23.2 Å². The number of anilines is 4. The molecule has 1 amide bonds. The monoisotopic (exact) mass is 473 g/mol. The fourth-order valence-corrected chi connectivity index (χ4v) is 4.57. The fraction of sp³-hybridized carbons (Fsp3) is 0.0741. The highest BCUT2D eigenvalue weighted by molar-refractivity contribution is 6.36. The summed E-state index contributed by atoms with van der Waals surface area (Å²) in [7, 11) is 0. The molecule has 0 bridgehead atoms. The molecule has 6 heteroatoms. The van der Waals surface area contributed by atoms with E-state index in [1.807, 2.05) is 30.3 Å². The number of benzene rings is 4. The zero-order valence-corrected chi connectivity index (χ0v) is 19.2. The summed E-state index contributed by atoms with van der Waals surface area (Å²) in [5, 5.41) is 9.81. The Morgan fingerprint density at radius 3 is 2.45 bits per heavy atom. The number of carbonyl (C=O) groups is 1. The minimum atomic E-state index is -0.173. The van der Waals surface area contributed by atoms with Crippen molar-refractivity contribution in [1.82, 2.24) is 0 Å². The predicted octanol–water partition coefficient (Wildman–Crippen LogP) is 7.41. The van der Waals surface area contributed by atoms with E-state index in [0.717, 1.165) is 23.6 Å². The van der Waals surface area contributed by atoms with Gasteiger partial charge in [0.2, 0.25) is 5.91 Å². The van der Waals surface area contributed by atoms with Gasteiger partial charge in [0.05, 0.1) is 17.8 Å². The number of nitrogens with zero attached hydrogens (tertiary/aromatic N) is 1. The largest absolute Gasteiger partial charge is 0.379 e. The second-order valence-corrected chi connectivity index (χ2v) is 8.60. The maximum Gasteiger partial charge on any atom is 0.228 e. The van der Waals surface area contributed by atoms with Crippen LogP contribution in [0.2, 0.25) is 10.0 Å². The second kappa shape index (κ2) is 9.18. The van der Waals surface area contributed by atoms with Crippen LogP contribution in [-0.4, -0.2) is 12.5 Å². The van der Waals surface area contributed by atoms with Gasteiger partial charge in [-0.05, 0) is 59.5 Å². The number of fused-ring (bicyclic) bond motifs is 3. The summed E-state index contributed by atoms with van der Waals surface area (Å²) >= 11 is 12.4. The molecule has 0 saturated heterocycles. The zero-order valence-electron chi connectivity index (χ0n) is 17.7. The molecule has 5 rings (SSSR count). The summed E-state index contributed by atoms with van der Waals surface area (Å²) in [4.78, 5) is 14.7. The van der Waals surface area contributed by atoms with E-state index < -0.39 is 0 Å². The summed E-state index contributed by atoms with van der Waals surface area (Å²) in [6.07, 6.45) is 4.28. The topological polar surface area (TPSA) is 44.4 Å². The van der Waals surface area contributed by atoms with Crippen molar-refractivity contribution in [3.8, 4) is 0 Å². The number of nitrogens with one attached hydrogen (secondary N) is 2. The predicted molar refractivity (Wildman–Crippen MR) is 139 cm³/mol. The Morgan fingerprint density at radius 2 is 1.67 bits per heavy atom. The molecule has 0 spiro atoms. The average molecular weight is 474 g/mol. The lowest BCUT2D eigenvalue weighted by Crippen LogP contribution is -2.15. The van der Waals surface area contributed by atoms with E-state index >= 15 is 0 Å². The van der Waals surface area contributed by atoms with Crippen molar-refractivity contribution in [2.45, 2.75) is 6.42 Å². The van der Waals surface area contributed by atoms with Gasteiger partial charge in [0.15, 0.2) is 0 Å². The first-order valence-corrected chi connectivity index (χ1v) is 11.4. The Bertz CT molecular complexity index is 1350. The van der Waals surface area contributed by atoms with Gasteiger partial charge >= 0.3 is 0 Å². The Morgan fingerprint density at radius 1 is 0.909 bits per heavy atom. The SMILES string of the molecule is O=C(Cc1c(Cl)cccc1Cl)Nc1ccc(N2C=CCNc3c2ccc2ccccc32)cc1. The third-order valence-corrected chi connectivity index (χ3v) is 6.35. The lowest BCUT2D eigenvalue weighted by Gasteiger charge is -2.23. The quantitative estimate of drug-likeness (QED) is 0.324. The average Bonchev–Trinajstić information content (AvgIpc) is 3.05. The van der Waals surface area contributed by atoms with Crippen LogP contribution in [0.5, 0.6) is 0 Å². The summed E-state index contributed by atoms with van der Waals surface area (Å²) in [6.45, 7) is 0.746. The lowest BCUT2D eigenvalue weighted by atomic mass is 10.1. The number of amides is 1. The van der Waals surface area contributed by atoms with Crippen molar-refractivity contribution in [3.05, 3.63) is 107 Å². The van der Waals surface area contributed by atoms with E-state index in [4.69, 9.17) is 23.2 Å². The van der Waals surface area contributed by atoms with E-state index in [2.05, 4.69) is 58.1 Å². The molecule has 1 aliphatic heterocycles. The van der Waals surface area contributed by atoms with Crippen LogP contribution in [0.1, 0.15) is 5.56 Å². The number of halogens is 2. The summed E-state index contributed by atoms with van der Waals surface area (Å²) in [5.74, 6) is -0.173. The fourth-order valence-electron chi connectivity index (χ4n) is 4.04. The molecule has 2 N–H and O–H groups in total. The summed E-state index contributed by atoms with van der Waals surface area (Å²) < 4.78 is 0. The molecule has 164 valence electrons. The number of hydrogen-bond acceptors (Lipinski definition) is 3. The molecule has 4 aromatic rings. The molecular weight excluding hydrogens is 453 g/mol. The van der Waals surface area contributed by atoms with Gasteiger partial charge in [0.1, 0.15) is 0 Å². The van der Waals surface area contributed by atoms with Crippen molar-refractivity contribution >= 4 is 62.6 Å². The molecule has 1 heterocycles. The molecule has 0 unspecified atom stereocenters. The first-order valence-electron chi connectivity index (χ1n) is 10.6. The first kappa shape index (κ1) is 21.4. The van der Waals surface area contributed by atoms with Crippen LogP contribution in [-0.2, 0) is 11.2 Å². The highest BCUT2D eigenvalue weighted by Crippen LogP contribution is 2.39. The Labute approximate surface area is 202 Å². The molecule has 4 aromatic carbocycles. The van der Waals surface area contributed by atoms with Crippen molar-refractivity contribution in [1.29, 1.82) is 0 Å². The maximum absolute atomic E-state index is 12.5. The van der Waals surface area contributed by atoms with E-state index in [0.29, 0.717) is 21.3 Å². The van der Waals surface area contributed by atoms with Gasteiger partial charge in [-0.1, -0.05) is 59.6 Å². The normalized spacial score (nSPS) is 12.7. The van der Waals surface area contributed by atoms with E-state index in [1.54, 1.807) is 18.2 Å². The maximum atomic E-state index is 12.5. The van der Waals surface area contributed by atoms with Crippen LogP contribution in [0.3, 0.4) is 0 Å². The van der Waals surface area contributed by atoms with E-state index in [-0.39, 0.29) is 12.3 Å². The third kappa shape index (κ3) is 4.40. The van der Waals surface area contributed by atoms with Gasteiger partial charge in [-0.2, -0.15) is 0 Å². The van der Waals surface area contributed by atoms with E-state index in [9.17, 15) is 4.79 Å². The van der Waals surface area contributed by atoms with Gasteiger partial charge in [0.25, 0.3) is 0 Å². The summed E-state index contributed by atoms with van der Waals surface area (Å²) in [6, 6.07) is 25.6. The van der Waals surface area contributed by atoms with Crippen LogP contribution in [0.15, 0.2) is 91.1 Å². The van der Waals surface area contributed by atoms with Crippen molar-refractivity contribution in [2.24, 2.45) is 0 Å². The third-order valence-electron chi connectivity index (χ3n) is 5.65. The van der Waals surface area contributed by atoms with Gasteiger partial charge in [-0.15, -0.1) is 0 Å². The van der Waals surface area contributed by atoms with Gasteiger partial charge < -0.3 is 15.5 Å². The van der Waals surface area contributed by atoms with Gasteiger partial charge in [0, 0.05) is 39.6 Å². The molecule has 0 aliphatic carbocycles. The molecule has 0 atom stereocenters. The molecule has 0 saturated carbocycles. The molecule has 0 radical (unpaired) electrons. The molecule has 1 aliphatic rings. The molecule has 0 aromatic heterocycles. The van der Waals surface area contributed by atoms with Gasteiger partial charge in [-0.3, -0.25) is 4.79 Å².